The summed E-state index contributed by atoms with van der Waals surface area (Å²) in [6.45, 7) is 10.4. The molecule has 0 spiro atoms. The number of rotatable bonds is 5. The molecule has 2 heterocycles. The molecule has 1 aromatic rings. The lowest BCUT2D eigenvalue weighted by Gasteiger charge is -2.30. The summed E-state index contributed by atoms with van der Waals surface area (Å²) in [4.78, 5) is 14.2. The minimum absolute atomic E-state index is 0.0258. The maximum atomic E-state index is 12.0. The van der Waals surface area contributed by atoms with E-state index in [2.05, 4.69) is 20.4 Å². The monoisotopic (exact) mass is 324 g/mol. The summed E-state index contributed by atoms with van der Waals surface area (Å²) in [5, 5.41) is 20.2. The predicted molar refractivity (Wildman–Crippen MR) is 85.7 cm³/mol. The molecule has 0 saturated carbocycles. The fraction of sp³-hybridized carbons (Fsp3) is 0.812. The van der Waals surface area contributed by atoms with Gasteiger partial charge >= 0.3 is 0 Å². The number of amides is 1. The van der Waals surface area contributed by atoms with Crippen molar-refractivity contribution in [3.8, 4) is 0 Å². The Morgan fingerprint density at radius 3 is 2.57 bits per heavy atom. The molecule has 1 atom stereocenters. The second-order valence-corrected chi connectivity index (χ2v) is 7.40. The first-order chi connectivity index (χ1) is 10.8. The largest absolute Gasteiger partial charge is 0.423 e. The van der Waals surface area contributed by atoms with Crippen molar-refractivity contribution >= 4 is 5.91 Å². The Morgan fingerprint density at radius 2 is 2.04 bits per heavy atom. The van der Waals surface area contributed by atoms with E-state index in [0.717, 1.165) is 25.9 Å². The molecule has 0 aromatic carbocycles. The molecule has 7 heteroatoms. The molecule has 0 radical (unpaired) electrons. The minimum atomic E-state index is -0.506. The van der Waals surface area contributed by atoms with Gasteiger partial charge in [0.25, 0.3) is 0 Å². The molecule has 1 aliphatic heterocycles. The summed E-state index contributed by atoms with van der Waals surface area (Å²) in [6.07, 6.45) is 1.12. The van der Waals surface area contributed by atoms with Gasteiger partial charge in [-0.15, -0.1) is 10.2 Å². The van der Waals surface area contributed by atoms with Crippen molar-refractivity contribution in [3.63, 3.8) is 0 Å². The van der Waals surface area contributed by atoms with Crippen LogP contribution in [-0.2, 0) is 16.8 Å². The highest BCUT2D eigenvalue weighted by atomic mass is 16.4. The van der Waals surface area contributed by atoms with Gasteiger partial charge in [0.2, 0.25) is 17.7 Å². The van der Waals surface area contributed by atoms with Gasteiger partial charge in [-0.2, -0.15) is 0 Å². The van der Waals surface area contributed by atoms with Crippen LogP contribution in [0.1, 0.15) is 52.3 Å². The van der Waals surface area contributed by atoms with Crippen LogP contribution in [0.15, 0.2) is 4.42 Å². The molecule has 130 valence electrons. The zero-order valence-electron chi connectivity index (χ0n) is 14.5. The molecular formula is C16H28N4O3. The molecule has 1 saturated heterocycles. The molecule has 1 aliphatic rings. The number of carbonyl (C=O) groups is 1. The first-order valence-electron chi connectivity index (χ1n) is 8.26. The second-order valence-electron chi connectivity index (χ2n) is 7.40. The molecular weight excluding hydrogens is 296 g/mol. The van der Waals surface area contributed by atoms with E-state index < -0.39 is 6.10 Å². The summed E-state index contributed by atoms with van der Waals surface area (Å²) in [5.74, 6) is 1.35. The molecule has 2 rings (SSSR count). The first kappa shape index (κ1) is 17.9. The Labute approximate surface area is 137 Å². The molecule has 1 fully saturated rings. The fourth-order valence-electron chi connectivity index (χ4n) is 2.56. The number of aliphatic hydroxyl groups excluding tert-OH is 1. The van der Waals surface area contributed by atoms with E-state index in [1.807, 2.05) is 20.8 Å². The van der Waals surface area contributed by atoms with Crippen LogP contribution in [0.5, 0.6) is 0 Å². The van der Waals surface area contributed by atoms with Gasteiger partial charge in [-0.05, 0) is 32.9 Å². The van der Waals surface area contributed by atoms with Gasteiger partial charge in [0, 0.05) is 17.9 Å². The van der Waals surface area contributed by atoms with Gasteiger partial charge in [0.05, 0.1) is 12.6 Å². The van der Waals surface area contributed by atoms with Crippen LogP contribution in [0.3, 0.4) is 0 Å². The second kappa shape index (κ2) is 7.40. The Balaban J connectivity index is 1.78. The van der Waals surface area contributed by atoms with Crippen LogP contribution < -0.4 is 5.32 Å². The lowest BCUT2D eigenvalue weighted by molar-refractivity contribution is -0.126. The van der Waals surface area contributed by atoms with E-state index in [9.17, 15) is 9.90 Å². The highest BCUT2D eigenvalue weighted by Gasteiger charge is 2.27. The number of hydrogen-bond donors (Lipinski definition) is 2. The van der Waals surface area contributed by atoms with Gasteiger partial charge in [-0.3, -0.25) is 9.69 Å². The Bertz CT molecular complexity index is 514. The summed E-state index contributed by atoms with van der Waals surface area (Å²) < 4.78 is 5.72. The number of aromatic nitrogens is 2. The van der Waals surface area contributed by atoms with Gasteiger partial charge in [0.1, 0.15) is 0 Å². The van der Waals surface area contributed by atoms with Gasteiger partial charge in [-0.1, -0.05) is 20.8 Å². The van der Waals surface area contributed by atoms with E-state index in [1.54, 1.807) is 6.92 Å². The van der Waals surface area contributed by atoms with Crippen LogP contribution >= 0.6 is 0 Å². The number of likely N-dealkylation sites (tertiary alicyclic amines) is 1. The zero-order valence-corrected chi connectivity index (χ0v) is 14.5. The maximum absolute atomic E-state index is 12.0. The molecule has 2 N–H and O–H groups in total. The number of carbonyl (C=O) groups excluding carboxylic acids is 1. The highest BCUT2D eigenvalue weighted by molar-refractivity contribution is 5.78. The lowest BCUT2D eigenvalue weighted by Crippen LogP contribution is -2.41. The van der Waals surface area contributed by atoms with E-state index in [0.29, 0.717) is 24.9 Å². The third-order valence-corrected chi connectivity index (χ3v) is 4.00. The van der Waals surface area contributed by atoms with Gasteiger partial charge in [-0.25, -0.2) is 0 Å². The van der Waals surface area contributed by atoms with Gasteiger partial charge in [0.15, 0.2) is 0 Å². The van der Waals surface area contributed by atoms with Crippen LogP contribution in [0, 0.1) is 5.92 Å². The smallest absolute Gasteiger partial charge is 0.230 e. The van der Waals surface area contributed by atoms with Crippen molar-refractivity contribution in [2.75, 3.05) is 19.6 Å². The van der Waals surface area contributed by atoms with E-state index in [-0.39, 0.29) is 17.2 Å². The Hall–Kier alpha value is -1.47. The quantitative estimate of drug-likeness (QED) is 0.842. The topological polar surface area (TPSA) is 91.5 Å². The van der Waals surface area contributed by atoms with Gasteiger partial charge < -0.3 is 14.8 Å². The molecule has 7 nitrogen and oxygen atoms in total. The summed E-state index contributed by atoms with van der Waals surface area (Å²) in [6, 6.07) is 0. The average Bonchev–Trinajstić information content (AvgIpc) is 2.94. The van der Waals surface area contributed by atoms with Crippen LogP contribution in [0.4, 0.5) is 0 Å². The maximum Gasteiger partial charge on any atom is 0.230 e. The number of nitrogens with zero attached hydrogens (tertiary/aromatic N) is 3. The predicted octanol–water partition coefficient (Wildman–Crippen LogP) is 1.08. The van der Waals surface area contributed by atoms with Crippen LogP contribution in [-0.4, -0.2) is 51.8 Å². The Morgan fingerprint density at radius 1 is 1.39 bits per heavy atom. The third-order valence-electron chi connectivity index (χ3n) is 4.00. The van der Waals surface area contributed by atoms with E-state index in [4.69, 9.17) is 4.42 Å². The molecule has 23 heavy (non-hydrogen) atoms. The van der Waals surface area contributed by atoms with Crippen molar-refractivity contribution in [3.05, 3.63) is 11.8 Å². The third kappa shape index (κ3) is 5.28. The fourth-order valence-corrected chi connectivity index (χ4v) is 2.56. The zero-order chi connectivity index (χ0) is 17.0. The highest BCUT2D eigenvalue weighted by Crippen LogP contribution is 2.22. The molecule has 1 aromatic heterocycles. The van der Waals surface area contributed by atoms with Crippen LogP contribution in [0.25, 0.3) is 0 Å². The molecule has 0 bridgehead atoms. The SMILES string of the molecule is C[C@H](O)CNC(=O)C1CCN(Cc2nnc(C(C)(C)C)o2)CC1. The summed E-state index contributed by atoms with van der Waals surface area (Å²) in [5.41, 5.74) is -0.139. The normalized spacial score (nSPS) is 18.8. The van der Waals surface area contributed by atoms with Crippen LogP contribution in [0.2, 0.25) is 0 Å². The van der Waals surface area contributed by atoms with Crippen molar-refractivity contribution < 1.29 is 14.3 Å². The molecule has 1 amide bonds. The first-order valence-corrected chi connectivity index (χ1v) is 8.26. The summed E-state index contributed by atoms with van der Waals surface area (Å²) in [7, 11) is 0. The number of nitrogens with one attached hydrogen (secondary N) is 1. The molecule has 0 unspecified atom stereocenters. The van der Waals surface area contributed by atoms with Crippen molar-refractivity contribution in [2.24, 2.45) is 5.92 Å². The van der Waals surface area contributed by atoms with Crippen molar-refractivity contribution in [1.82, 2.24) is 20.4 Å². The lowest BCUT2D eigenvalue weighted by atomic mass is 9.96. The van der Waals surface area contributed by atoms with E-state index in [1.165, 1.54) is 0 Å². The summed E-state index contributed by atoms with van der Waals surface area (Å²) >= 11 is 0. The number of aliphatic hydroxyl groups is 1. The van der Waals surface area contributed by atoms with E-state index >= 15 is 0 Å². The number of hydrogen-bond acceptors (Lipinski definition) is 6. The standard InChI is InChI=1S/C16H28N4O3/c1-11(21)9-17-14(22)12-5-7-20(8-6-12)10-13-18-19-15(23-13)16(2,3)4/h11-12,21H,5-10H2,1-4H3,(H,17,22)/t11-/m0/s1. The minimum Gasteiger partial charge on any atom is -0.423 e. The Kier molecular flexibility index (Phi) is 5.75. The molecule has 0 aliphatic carbocycles. The van der Waals surface area contributed by atoms with Crippen molar-refractivity contribution in [2.45, 2.75) is 58.6 Å². The van der Waals surface area contributed by atoms with Crippen molar-refractivity contribution in [1.29, 1.82) is 0 Å². The average molecular weight is 324 g/mol. The number of piperidine rings is 1.